The van der Waals surface area contributed by atoms with Crippen molar-refractivity contribution in [3.63, 3.8) is 0 Å². The molecule has 0 bridgehead atoms. The number of carbonyl (C=O) groups is 2. The molecule has 3 aromatic rings. The van der Waals surface area contributed by atoms with Crippen LogP contribution in [-0.2, 0) is 16.2 Å². The van der Waals surface area contributed by atoms with Gasteiger partial charge in [-0.3, -0.25) is 14.6 Å². The lowest BCUT2D eigenvalue weighted by Crippen LogP contribution is -2.23. The van der Waals surface area contributed by atoms with E-state index in [1.54, 1.807) is 36.7 Å². The molecule has 2 heterocycles. The lowest BCUT2D eigenvalue weighted by Gasteiger charge is -2.10. The maximum atomic E-state index is 12.4. The van der Waals surface area contributed by atoms with Crippen LogP contribution in [0.1, 0.15) is 34.3 Å². The largest absolute Gasteiger partial charge is 0.391 e. The van der Waals surface area contributed by atoms with E-state index in [0.29, 0.717) is 24.2 Å². The Balaban J connectivity index is 1.24. The zero-order valence-corrected chi connectivity index (χ0v) is 16.8. The highest BCUT2D eigenvalue weighted by Gasteiger charge is 2.24. The molecule has 0 saturated carbocycles. The predicted molar refractivity (Wildman–Crippen MR) is 118 cm³/mol. The standard InChI is InChI=1S/C24H22N4O3/c29-23(14-21-13-22(28-31-21)19-7-4-12-25-16-19)27-20-10-8-18(9-11-20)24(30)26-15-17-5-2-1-3-6-17/h1-12,16,21H,13-15H2,(H,26,30)(H,27,29). The Morgan fingerprint density at radius 1 is 1.00 bits per heavy atom. The minimum absolute atomic E-state index is 0.166. The fourth-order valence-corrected chi connectivity index (χ4v) is 3.25. The van der Waals surface area contributed by atoms with Crippen LogP contribution < -0.4 is 10.6 Å². The molecule has 1 unspecified atom stereocenters. The van der Waals surface area contributed by atoms with Gasteiger partial charge in [-0.05, 0) is 42.0 Å². The third-order valence-corrected chi connectivity index (χ3v) is 4.87. The van der Waals surface area contributed by atoms with Crippen molar-refractivity contribution in [2.75, 3.05) is 5.32 Å². The smallest absolute Gasteiger partial charge is 0.251 e. The summed E-state index contributed by atoms with van der Waals surface area (Å²) in [6.45, 7) is 0.461. The molecule has 156 valence electrons. The summed E-state index contributed by atoms with van der Waals surface area (Å²) in [5, 5.41) is 9.78. The highest BCUT2D eigenvalue weighted by Crippen LogP contribution is 2.19. The van der Waals surface area contributed by atoms with Crippen molar-refractivity contribution in [2.45, 2.75) is 25.5 Å². The number of benzene rings is 2. The van der Waals surface area contributed by atoms with Gasteiger partial charge in [0.1, 0.15) is 6.10 Å². The van der Waals surface area contributed by atoms with Crippen LogP contribution >= 0.6 is 0 Å². The third-order valence-electron chi connectivity index (χ3n) is 4.87. The summed E-state index contributed by atoms with van der Waals surface area (Å²) in [7, 11) is 0. The summed E-state index contributed by atoms with van der Waals surface area (Å²) in [5.74, 6) is -0.338. The first kappa shape index (κ1) is 20.3. The molecule has 1 aliphatic heterocycles. The molecule has 2 aromatic carbocycles. The van der Waals surface area contributed by atoms with E-state index in [9.17, 15) is 9.59 Å². The number of hydrogen-bond acceptors (Lipinski definition) is 5. The Morgan fingerprint density at radius 3 is 2.55 bits per heavy atom. The SMILES string of the molecule is O=C(CC1CC(c2cccnc2)=NO1)Nc1ccc(C(=O)NCc2ccccc2)cc1. The summed E-state index contributed by atoms with van der Waals surface area (Å²) in [6.07, 6.45) is 3.86. The van der Waals surface area contributed by atoms with Crippen LogP contribution in [0.5, 0.6) is 0 Å². The maximum Gasteiger partial charge on any atom is 0.251 e. The lowest BCUT2D eigenvalue weighted by atomic mass is 10.0. The monoisotopic (exact) mass is 414 g/mol. The van der Waals surface area contributed by atoms with Gasteiger partial charge in [0.05, 0.1) is 12.1 Å². The van der Waals surface area contributed by atoms with Gasteiger partial charge in [-0.2, -0.15) is 0 Å². The number of aromatic nitrogens is 1. The first-order valence-electron chi connectivity index (χ1n) is 10.0. The number of carbonyl (C=O) groups excluding carboxylic acids is 2. The van der Waals surface area contributed by atoms with Gasteiger partial charge in [-0.15, -0.1) is 0 Å². The van der Waals surface area contributed by atoms with Crippen LogP contribution in [-0.4, -0.2) is 28.6 Å². The van der Waals surface area contributed by atoms with Crippen LogP contribution in [0.3, 0.4) is 0 Å². The zero-order valence-electron chi connectivity index (χ0n) is 16.8. The summed E-state index contributed by atoms with van der Waals surface area (Å²) in [5.41, 5.74) is 3.87. The van der Waals surface area contributed by atoms with E-state index >= 15 is 0 Å². The molecule has 2 amide bonds. The van der Waals surface area contributed by atoms with E-state index in [-0.39, 0.29) is 24.3 Å². The van der Waals surface area contributed by atoms with E-state index in [1.807, 2.05) is 42.5 Å². The van der Waals surface area contributed by atoms with Crippen molar-refractivity contribution in [3.05, 3.63) is 95.8 Å². The topological polar surface area (TPSA) is 92.7 Å². The zero-order chi connectivity index (χ0) is 21.5. The number of amides is 2. The molecule has 7 heteroatoms. The highest BCUT2D eigenvalue weighted by atomic mass is 16.6. The highest BCUT2D eigenvalue weighted by molar-refractivity contribution is 6.01. The lowest BCUT2D eigenvalue weighted by molar-refractivity contribution is -0.118. The Labute approximate surface area is 180 Å². The molecule has 0 fully saturated rings. The molecular weight excluding hydrogens is 392 g/mol. The third kappa shape index (κ3) is 5.54. The van der Waals surface area contributed by atoms with Crippen LogP contribution in [0.25, 0.3) is 0 Å². The van der Waals surface area contributed by atoms with Gasteiger partial charge in [0, 0.05) is 42.2 Å². The quantitative estimate of drug-likeness (QED) is 0.619. The Kier molecular flexibility index (Phi) is 6.32. The number of oxime groups is 1. The van der Waals surface area contributed by atoms with Crippen molar-refractivity contribution in [2.24, 2.45) is 5.16 Å². The molecule has 0 aliphatic carbocycles. The molecule has 7 nitrogen and oxygen atoms in total. The van der Waals surface area contributed by atoms with Gasteiger partial charge < -0.3 is 15.5 Å². The van der Waals surface area contributed by atoms with Gasteiger partial charge in [-0.25, -0.2) is 0 Å². The maximum absolute atomic E-state index is 12.4. The van der Waals surface area contributed by atoms with E-state index in [1.165, 1.54) is 0 Å². The van der Waals surface area contributed by atoms with Gasteiger partial charge in [0.15, 0.2) is 0 Å². The van der Waals surface area contributed by atoms with E-state index in [0.717, 1.165) is 16.8 Å². The molecule has 4 rings (SSSR count). The number of rotatable bonds is 7. The average molecular weight is 414 g/mol. The van der Waals surface area contributed by atoms with Crippen LogP contribution in [0.15, 0.2) is 84.3 Å². The Hall–Kier alpha value is -4.00. The van der Waals surface area contributed by atoms with E-state index in [4.69, 9.17) is 4.84 Å². The van der Waals surface area contributed by atoms with Crippen molar-refractivity contribution >= 4 is 23.2 Å². The summed E-state index contributed by atoms with van der Waals surface area (Å²) in [6, 6.07) is 20.3. The Morgan fingerprint density at radius 2 is 1.81 bits per heavy atom. The van der Waals surface area contributed by atoms with Crippen LogP contribution in [0.4, 0.5) is 5.69 Å². The molecule has 0 saturated heterocycles. The van der Waals surface area contributed by atoms with Crippen molar-refractivity contribution in [1.82, 2.24) is 10.3 Å². The molecule has 2 N–H and O–H groups in total. The number of anilines is 1. The molecule has 31 heavy (non-hydrogen) atoms. The number of nitrogens with one attached hydrogen (secondary N) is 2. The van der Waals surface area contributed by atoms with E-state index in [2.05, 4.69) is 20.8 Å². The summed E-state index contributed by atoms with van der Waals surface area (Å²) in [4.78, 5) is 34.1. The summed E-state index contributed by atoms with van der Waals surface area (Å²) >= 11 is 0. The normalized spacial score (nSPS) is 15.0. The molecule has 0 radical (unpaired) electrons. The number of pyridine rings is 1. The first-order chi connectivity index (χ1) is 15.2. The minimum Gasteiger partial charge on any atom is -0.391 e. The average Bonchev–Trinajstić information content (AvgIpc) is 3.27. The predicted octanol–water partition coefficient (Wildman–Crippen LogP) is 3.53. The van der Waals surface area contributed by atoms with Crippen molar-refractivity contribution in [1.29, 1.82) is 0 Å². The molecule has 1 aromatic heterocycles. The molecule has 1 atom stereocenters. The fourth-order valence-electron chi connectivity index (χ4n) is 3.25. The minimum atomic E-state index is -0.307. The van der Waals surface area contributed by atoms with Gasteiger partial charge in [-0.1, -0.05) is 35.5 Å². The molecule has 1 aliphatic rings. The van der Waals surface area contributed by atoms with Gasteiger partial charge >= 0.3 is 0 Å². The molecule has 0 spiro atoms. The molecular formula is C24H22N4O3. The van der Waals surface area contributed by atoms with Gasteiger partial charge in [0.2, 0.25) is 5.91 Å². The second kappa shape index (κ2) is 9.67. The first-order valence-corrected chi connectivity index (χ1v) is 10.0. The second-order valence-corrected chi connectivity index (χ2v) is 7.21. The summed E-state index contributed by atoms with van der Waals surface area (Å²) < 4.78 is 0. The number of hydrogen-bond donors (Lipinski definition) is 2. The second-order valence-electron chi connectivity index (χ2n) is 7.21. The number of nitrogens with zero attached hydrogens (tertiary/aromatic N) is 2. The fraction of sp³-hybridized carbons (Fsp3) is 0.167. The van der Waals surface area contributed by atoms with E-state index < -0.39 is 0 Å². The van der Waals surface area contributed by atoms with Crippen molar-refractivity contribution in [3.8, 4) is 0 Å². The Bertz CT molecular complexity index is 1070. The van der Waals surface area contributed by atoms with Crippen LogP contribution in [0, 0.1) is 0 Å². The van der Waals surface area contributed by atoms with Crippen LogP contribution in [0.2, 0.25) is 0 Å². The van der Waals surface area contributed by atoms with Crippen molar-refractivity contribution < 1.29 is 14.4 Å². The van der Waals surface area contributed by atoms with Gasteiger partial charge in [0.25, 0.3) is 5.91 Å².